The Morgan fingerprint density at radius 1 is 1.27 bits per heavy atom. The molecule has 56 valence electrons. The predicted octanol–water partition coefficient (Wildman–Crippen LogP) is 3.84. The molecule has 2 rings (SSSR count). The van der Waals surface area contributed by atoms with Gasteiger partial charge in [0.1, 0.15) is 0 Å². The second kappa shape index (κ2) is 3.09. The van der Waals surface area contributed by atoms with Crippen LogP contribution < -0.4 is 0 Å². The first-order valence-electron chi connectivity index (χ1n) is 3.20. The molecule has 0 aliphatic heterocycles. The molecule has 1 aromatic carbocycles. The molecule has 0 aliphatic carbocycles. The summed E-state index contributed by atoms with van der Waals surface area (Å²) in [7, 11) is 1.51. The Labute approximate surface area is 78.4 Å². The van der Waals surface area contributed by atoms with E-state index < -0.39 is 0 Å². The van der Waals surface area contributed by atoms with Crippen molar-refractivity contribution in [3.05, 3.63) is 30.3 Å². The summed E-state index contributed by atoms with van der Waals surface area (Å²) in [6, 6.07) is 10.5. The van der Waals surface area contributed by atoms with Crippen LogP contribution in [0.25, 0.3) is 10.1 Å². The average Bonchev–Trinajstić information content (AvgIpc) is 2.46. The summed E-state index contributed by atoms with van der Waals surface area (Å²) in [6.07, 6.45) is 0. The highest BCUT2D eigenvalue weighted by molar-refractivity contribution is 8.69. The third kappa shape index (κ3) is 1.41. The lowest BCUT2D eigenvalue weighted by atomic mass is 10.3. The van der Waals surface area contributed by atoms with Crippen LogP contribution in [0.3, 0.4) is 0 Å². The number of benzene rings is 1. The van der Waals surface area contributed by atoms with Gasteiger partial charge in [0.05, 0.1) is 4.21 Å². The molecule has 0 amide bonds. The van der Waals surface area contributed by atoms with Gasteiger partial charge in [0.25, 0.3) is 0 Å². The lowest BCUT2D eigenvalue weighted by Crippen LogP contribution is -1.56. The summed E-state index contributed by atoms with van der Waals surface area (Å²) in [4.78, 5) is 0. The van der Waals surface area contributed by atoms with E-state index in [4.69, 9.17) is 0 Å². The third-order valence-corrected chi connectivity index (χ3v) is 4.16. The van der Waals surface area contributed by atoms with Crippen LogP contribution in [-0.4, -0.2) is 0 Å². The van der Waals surface area contributed by atoms with Crippen molar-refractivity contribution < 1.29 is 0 Å². The number of hydrogen-bond acceptors (Lipinski definition) is 3. The molecule has 0 radical (unpaired) electrons. The van der Waals surface area contributed by atoms with Crippen LogP contribution in [0.2, 0.25) is 0 Å². The highest BCUT2D eigenvalue weighted by Crippen LogP contribution is 2.34. The Bertz CT molecular complexity index is 331. The molecular formula is C8H6S3. The summed E-state index contributed by atoms with van der Waals surface area (Å²) in [5.74, 6) is 0. The third-order valence-electron chi connectivity index (χ3n) is 1.49. The SMILES string of the molecule is SSc1cc2ccccc2s1. The monoisotopic (exact) mass is 198 g/mol. The summed E-state index contributed by atoms with van der Waals surface area (Å²) < 4.78 is 2.60. The Balaban J connectivity index is 2.69. The topological polar surface area (TPSA) is 0 Å². The Morgan fingerprint density at radius 2 is 2.09 bits per heavy atom. The zero-order chi connectivity index (χ0) is 7.68. The van der Waals surface area contributed by atoms with E-state index in [1.54, 1.807) is 11.3 Å². The summed E-state index contributed by atoms with van der Waals surface area (Å²) in [6.45, 7) is 0. The van der Waals surface area contributed by atoms with E-state index in [0.717, 1.165) is 0 Å². The smallest absolute Gasteiger partial charge is 0.0716 e. The highest BCUT2D eigenvalue weighted by Gasteiger charge is 1.97. The zero-order valence-corrected chi connectivity index (χ0v) is 8.18. The van der Waals surface area contributed by atoms with E-state index in [1.807, 2.05) is 0 Å². The van der Waals surface area contributed by atoms with Gasteiger partial charge in [-0.15, -0.1) is 23.0 Å². The molecule has 0 spiro atoms. The van der Waals surface area contributed by atoms with Crippen molar-refractivity contribution >= 4 is 43.9 Å². The van der Waals surface area contributed by atoms with Crippen LogP contribution >= 0.6 is 33.8 Å². The summed E-state index contributed by atoms with van der Waals surface area (Å²) >= 11 is 5.93. The average molecular weight is 198 g/mol. The van der Waals surface area contributed by atoms with Crippen LogP contribution in [0.4, 0.5) is 0 Å². The van der Waals surface area contributed by atoms with Crippen LogP contribution in [0.1, 0.15) is 0 Å². The molecule has 0 saturated heterocycles. The van der Waals surface area contributed by atoms with Gasteiger partial charge in [-0.25, -0.2) is 0 Å². The minimum absolute atomic E-state index is 1.26. The van der Waals surface area contributed by atoms with Crippen LogP contribution in [-0.2, 0) is 0 Å². The molecular weight excluding hydrogens is 192 g/mol. The van der Waals surface area contributed by atoms with Gasteiger partial charge in [0, 0.05) is 4.70 Å². The lowest BCUT2D eigenvalue weighted by molar-refractivity contribution is 1.78. The van der Waals surface area contributed by atoms with Crippen molar-refractivity contribution in [1.82, 2.24) is 0 Å². The maximum absolute atomic E-state index is 4.15. The molecule has 3 heteroatoms. The molecule has 1 aromatic heterocycles. The Morgan fingerprint density at radius 3 is 2.82 bits per heavy atom. The lowest BCUT2D eigenvalue weighted by Gasteiger charge is -1.82. The van der Waals surface area contributed by atoms with Gasteiger partial charge in [-0.05, 0) is 17.5 Å². The second-order valence-corrected chi connectivity index (χ2v) is 4.71. The predicted molar refractivity (Wildman–Crippen MR) is 56.7 cm³/mol. The van der Waals surface area contributed by atoms with E-state index in [9.17, 15) is 0 Å². The van der Waals surface area contributed by atoms with Crippen molar-refractivity contribution in [1.29, 1.82) is 0 Å². The van der Waals surface area contributed by atoms with E-state index in [2.05, 4.69) is 42.0 Å². The molecule has 0 bridgehead atoms. The van der Waals surface area contributed by atoms with Gasteiger partial charge in [0.2, 0.25) is 0 Å². The fourth-order valence-corrected chi connectivity index (χ4v) is 2.89. The first-order chi connectivity index (χ1) is 5.40. The fraction of sp³-hybridized carbons (Fsp3) is 0. The molecule has 0 aliphatic rings. The molecule has 0 nitrogen and oxygen atoms in total. The zero-order valence-electron chi connectivity index (χ0n) is 5.65. The van der Waals surface area contributed by atoms with Crippen LogP contribution in [0.5, 0.6) is 0 Å². The van der Waals surface area contributed by atoms with Gasteiger partial charge in [-0.1, -0.05) is 29.0 Å². The van der Waals surface area contributed by atoms with Crippen LogP contribution in [0.15, 0.2) is 34.5 Å². The minimum atomic E-state index is 1.26. The second-order valence-electron chi connectivity index (χ2n) is 2.19. The number of hydrogen-bond donors (Lipinski definition) is 1. The summed E-state index contributed by atoms with van der Waals surface area (Å²) in [5, 5.41) is 1.31. The fourth-order valence-electron chi connectivity index (χ4n) is 1.00. The molecule has 2 aromatic rings. The van der Waals surface area contributed by atoms with Gasteiger partial charge >= 0.3 is 0 Å². The highest BCUT2D eigenvalue weighted by atomic mass is 33.1. The van der Waals surface area contributed by atoms with Gasteiger partial charge in [0.15, 0.2) is 0 Å². The van der Waals surface area contributed by atoms with E-state index in [0.29, 0.717) is 0 Å². The van der Waals surface area contributed by atoms with Gasteiger partial charge in [-0.2, -0.15) is 0 Å². The normalized spacial score (nSPS) is 10.6. The quantitative estimate of drug-likeness (QED) is 0.536. The number of thiophene rings is 1. The number of fused-ring (bicyclic) bond motifs is 1. The maximum Gasteiger partial charge on any atom is 0.0716 e. The largest absolute Gasteiger partial charge is 0.128 e. The molecule has 0 unspecified atom stereocenters. The van der Waals surface area contributed by atoms with Crippen molar-refractivity contribution in [2.24, 2.45) is 0 Å². The summed E-state index contributed by atoms with van der Waals surface area (Å²) in [5.41, 5.74) is 0. The van der Waals surface area contributed by atoms with Gasteiger partial charge < -0.3 is 0 Å². The maximum atomic E-state index is 4.15. The Hall–Kier alpha value is -0.120. The first-order valence-corrected chi connectivity index (χ1v) is 5.88. The minimum Gasteiger partial charge on any atom is -0.128 e. The molecule has 1 heterocycles. The van der Waals surface area contributed by atoms with Gasteiger partial charge in [-0.3, -0.25) is 0 Å². The molecule has 0 saturated carbocycles. The molecule has 11 heavy (non-hydrogen) atoms. The number of thiol groups is 1. The van der Waals surface area contributed by atoms with E-state index in [-0.39, 0.29) is 0 Å². The van der Waals surface area contributed by atoms with Crippen LogP contribution in [0, 0.1) is 0 Å². The molecule has 0 fully saturated rings. The standard InChI is InChI=1S/C8H6S3/c9-11-8-5-6-3-1-2-4-7(6)10-8/h1-5,9H. The van der Waals surface area contributed by atoms with E-state index >= 15 is 0 Å². The number of rotatable bonds is 1. The Kier molecular flexibility index (Phi) is 2.11. The first kappa shape index (κ1) is 7.53. The van der Waals surface area contributed by atoms with Crippen molar-refractivity contribution in [2.45, 2.75) is 4.21 Å². The van der Waals surface area contributed by atoms with Crippen molar-refractivity contribution in [3.63, 3.8) is 0 Å². The molecule has 0 atom stereocenters. The van der Waals surface area contributed by atoms with Crippen molar-refractivity contribution in [2.75, 3.05) is 0 Å². The molecule has 0 N–H and O–H groups in total. The van der Waals surface area contributed by atoms with E-state index in [1.165, 1.54) is 25.1 Å². The van der Waals surface area contributed by atoms with Crippen molar-refractivity contribution in [3.8, 4) is 0 Å².